The van der Waals surface area contributed by atoms with Crippen molar-refractivity contribution in [3.63, 3.8) is 0 Å². The summed E-state index contributed by atoms with van der Waals surface area (Å²) in [5.74, 6) is 1.77. The Morgan fingerprint density at radius 1 is 1.36 bits per heavy atom. The number of hydrogen-bond donors (Lipinski definition) is 2. The van der Waals surface area contributed by atoms with Crippen LogP contribution >= 0.6 is 11.3 Å². The van der Waals surface area contributed by atoms with Crippen LogP contribution in [0.25, 0.3) is 21.1 Å². The number of ether oxygens (including phenoxy) is 1. The molecule has 1 aromatic carbocycles. The van der Waals surface area contributed by atoms with E-state index in [2.05, 4.69) is 39.3 Å². The van der Waals surface area contributed by atoms with Crippen molar-refractivity contribution in [2.45, 2.75) is 46.1 Å². The van der Waals surface area contributed by atoms with E-state index in [4.69, 9.17) is 4.74 Å². The number of carbonyl (C=O) groups is 1. The summed E-state index contributed by atoms with van der Waals surface area (Å²) < 4.78 is 5.60. The van der Waals surface area contributed by atoms with E-state index in [9.17, 15) is 4.79 Å². The van der Waals surface area contributed by atoms with E-state index in [1.165, 1.54) is 10.4 Å². The van der Waals surface area contributed by atoms with Crippen LogP contribution < -0.4 is 10.1 Å². The summed E-state index contributed by atoms with van der Waals surface area (Å²) in [7, 11) is 1.65. The number of anilines is 2. The first kappa shape index (κ1) is 21.6. The second kappa shape index (κ2) is 8.62. The highest BCUT2D eigenvalue weighted by atomic mass is 32.1. The lowest BCUT2D eigenvalue weighted by molar-refractivity contribution is -0.137. The number of H-pyrrole nitrogens is 1. The number of methoxy groups -OCH3 is 1. The van der Waals surface area contributed by atoms with Gasteiger partial charge in [0.05, 0.1) is 29.9 Å². The maximum atomic E-state index is 13.1. The lowest BCUT2D eigenvalue weighted by Gasteiger charge is -2.31. The third-order valence-corrected chi connectivity index (χ3v) is 7.62. The standard InChI is InChI=1S/C24H28N6O2S/c1-5-30(13(2)3)24(31)14-6-7-16-20(9-14)33-23-21(16)22(25-12-26-23)28-18-8-15-11-27-29-17(15)10-19(18)32-4/h8,10-14H,5-7,9H2,1-4H3,(H,27,29)(H,25,26,28). The van der Waals surface area contributed by atoms with Crippen molar-refractivity contribution in [3.8, 4) is 5.75 Å². The minimum absolute atomic E-state index is 0.0286. The molecule has 33 heavy (non-hydrogen) atoms. The first-order valence-corrected chi connectivity index (χ1v) is 12.2. The van der Waals surface area contributed by atoms with Gasteiger partial charge >= 0.3 is 0 Å². The van der Waals surface area contributed by atoms with Crippen LogP contribution in [0, 0.1) is 5.92 Å². The Labute approximate surface area is 196 Å². The van der Waals surface area contributed by atoms with E-state index >= 15 is 0 Å². The van der Waals surface area contributed by atoms with Gasteiger partial charge < -0.3 is 15.0 Å². The van der Waals surface area contributed by atoms with Gasteiger partial charge in [-0.3, -0.25) is 9.89 Å². The van der Waals surface area contributed by atoms with Crippen LogP contribution in [0.5, 0.6) is 5.75 Å². The lowest BCUT2D eigenvalue weighted by atomic mass is 9.86. The smallest absolute Gasteiger partial charge is 0.226 e. The summed E-state index contributed by atoms with van der Waals surface area (Å²) in [6.07, 6.45) is 5.84. The molecule has 1 aliphatic carbocycles. The number of thiophene rings is 1. The summed E-state index contributed by atoms with van der Waals surface area (Å²) in [5, 5.41) is 12.6. The van der Waals surface area contributed by atoms with Crippen LogP contribution in [-0.4, -0.2) is 50.7 Å². The van der Waals surface area contributed by atoms with Crippen molar-refractivity contribution in [3.05, 3.63) is 35.1 Å². The zero-order valence-corrected chi connectivity index (χ0v) is 20.1. The van der Waals surface area contributed by atoms with E-state index in [0.29, 0.717) is 5.75 Å². The zero-order chi connectivity index (χ0) is 23.1. The van der Waals surface area contributed by atoms with E-state index < -0.39 is 0 Å². The van der Waals surface area contributed by atoms with Gasteiger partial charge in [0.2, 0.25) is 5.91 Å². The molecule has 0 saturated heterocycles. The highest BCUT2D eigenvalue weighted by Crippen LogP contribution is 2.42. The van der Waals surface area contributed by atoms with Gasteiger partial charge in [-0.05, 0) is 51.7 Å². The molecule has 1 atom stereocenters. The second-order valence-electron chi connectivity index (χ2n) is 8.70. The van der Waals surface area contributed by atoms with E-state index in [0.717, 1.165) is 58.4 Å². The Bertz CT molecular complexity index is 1330. The monoisotopic (exact) mass is 464 g/mol. The molecule has 3 heterocycles. The number of rotatable bonds is 6. The van der Waals surface area contributed by atoms with E-state index in [1.807, 2.05) is 24.0 Å². The van der Waals surface area contributed by atoms with Crippen molar-refractivity contribution in [2.75, 3.05) is 19.0 Å². The number of hydrogen-bond acceptors (Lipinski definition) is 7. The summed E-state index contributed by atoms with van der Waals surface area (Å²) >= 11 is 1.68. The minimum Gasteiger partial charge on any atom is -0.494 e. The Balaban J connectivity index is 1.49. The predicted octanol–water partition coefficient (Wildman–Crippen LogP) is 4.68. The Hall–Kier alpha value is -3.20. The van der Waals surface area contributed by atoms with Gasteiger partial charge in [0.1, 0.15) is 22.7 Å². The number of amides is 1. The highest BCUT2D eigenvalue weighted by Gasteiger charge is 2.32. The average molecular weight is 465 g/mol. The third kappa shape index (κ3) is 3.80. The van der Waals surface area contributed by atoms with Crippen molar-refractivity contribution >= 4 is 49.9 Å². The number of nitrogens with zero attached hydrogens (tertiary/aromatic N) is 4. The Morgan fingerprint density at radius 2 is 2.21 bits per heavy atom. The molecule has 4 aromatic rings. The molecule has 9 heteroatoms. The maximum absolute atomic E-state index is 13.1. The number of carbonyl (C=O) groups excluding carboxylic acids is 1. The van der Waals surface area contributed by atoms with Gasteiger partial charge in [-0.25, -0.2) is 9.97 Å². The van der Waals surface area contributed by atoms with Crippen molar-refractivity contribution in [1.82, 2.24) is 25.1 Å². The number of benzene rings is 1. The van der Waals surface area contributed by atoms with Gasteiger partial charge in [0.25, 0.3) is 0 Å². The van der Waals surface area contributed by atoms with Crippen LogP contribution in [0.4, 0.5) is 11.5 Å². The van der Waals surface area contributed by atoms with Gasteiger partial charge in [-0.2, -0.15) is 5.10 Å². The molecule has 1 amide bonds. The van der Waals surface area contributed by atoms with Crippen LogP contribution in [-0.2, 0) is 17.6 Å². The number of aromatic nitrogens is 4. The minimum atomic E-state index is 0.0286. The summed E-state index contributed by atoms with van der Waals surface area (Å²) in [5.41, 5.74) is 3.00. The fourth-order valence-corrected chi connectivity index (χ4v) is 6.06. The van der Waals surface area contributed by atoms with Crippen LogP contribution in [0.1, 0.15) is 37.6 Å². The quantitative estimate of drug-likeness (QED) is 0.430. The van der Waals surface area contributed by atoms with Gasteiger partial charge in [0, 0.05) is 34.8 Å². The normalized spacial score (nSPS) is 15.7. The Kier molecular flexibility index (Phi) is 5.65. The molecule has 3 aromatic heterocycles. The molecule has 0 saturated carbocycles. The summed E-state index contributed by atoms with van der Waals surface area (Å²) in [4.78, 5) is 26.4. The summed E-state index contributed by atoms with van der Waals surface area (Å²) in [6, 6.07) is 4.15. The number of aryl methyl sites for hydroxylation is 1. The predicted molar refractivity (Wildman–Crippen MR) is 131 cm³/mol. The number of nitrogens with one attached hydrogen (secondary N) is 2. The third-order valence-electron chi connectivity index (χ3n) is 6.46. The fraction of sp³-hybridized carbons (Fsp3) is 0.417. The number of aromatic amines is 1. The largest absolute Gasteiger partial charge is 0.494 e. The fourth-order valence-electron chi connectivity index (χ4n) is 4.79. The molecule has 8 nitrogen and oxygen atoms in total. The lowest BCUT2D eigenvalue weighted by Crippen LogP contribution is -2.42. The van der Waals surface area contributed by atoms with Crippen molar-refractivity contribution < 1.29 is 9.53 Å². The molecular weight excluding hydrogens is 436 g/mol. The molecular formula is C24H28N6O2S. The van der Waals surface area contributed by atoms with Crippen LogP contribution in [0.2, 0.25) is 0 Å². The molecule has 1 aliphatic rings. The van der Waals surface area contributed by atoms with Crippen LogP contribution in [0.15, 0.2) is 24.7 Å². The zero-order valence-electron chi connectivity index (χ0n) is 19.3. The van der Waals surface area contributed by atoms with Gasteiger partial charge in [-0.1, -0.05) is 0 Å². The van der Waals surface area contributed by atoms with Crippen molar-refractivity contribution in [2.24, 2.45) is 5.92 Å². The van der Waals surface area contributed by atoms with Gasteiger partial charge in [0.15, 0.2) is 0 Å². The molecule has 1 unspecified atom stereocenters. The second-order valence-corrected chi connectivity index (χ2v) is 9.78. The highest BCUT2D eigenvalue weighted by molar-refractivity contribution is 7.19. The SMILES string of the molecule is CCN(C(=O)C1CCc2c(sc3ncnc(Nc4cc5cn[nH]c5cc4OC)c23)C1)C(C)C. The average Bonchev–Trinajstić information content (AvgIpc) is 3.42. The summed E-state index contributed by atoms with van der Waals surface area (Å²) in [6.45, 7) is 6.96. The maximum Gasteiger partial charge on any atom is 0.226 e. The van der Waals surface area contributed by atoms with Crippen molar-refractivity contribution in [1.29, 1.82) is 0 Å². The first-order valence-electron chi connectivity index (χ1n) is 11.3. The Morgan fingerprint density at radius 3 is 2.97 bits per heavy atom. The molecule has 0 bridgehead atoms. The number of fused-ring (bicyclic) bond motifs is 4. The molecule has 0 radical (unpaired) electrons. The van der Waals surface area contributed by atoms with E-state index in [-0.39, 0.29) is 17.9 Å². The van der Waals surface area contributed by atoms with E-state index in [1.54, 1.807) is 31.0 Å². The van der Waals surface area contributed by atoms with Crippen LogP contribution in [0.3, 0.4) is 0 Å². The van der Waals surface area contributed by atoms with Gasteiger partial charge in [-0.15, -0.1) is 11.3 Å². The molecule has 0 aliphatic heterocycles. The molecule has 0 spiro atoms. The molecule has 2 N–H and O–H groups in total. The topological polar surface area (TPSA) is 96.0 Å². The molecule has 0 fully saturated rings. The molecule has 5 rings (SSSR count). The first-order chi connectivity index (χ1) is 16.0. The molecule has 172 valence electrons.